The molecule has 0 aliphatic carbocycles. The van der Waals surface area contributed by atoms with E-state index in [9.17, 15) is 9.59 Å². The fourth-order valence-electron chi connectivity index (χ4n) is 1.59. The molecule has 3 N–H and O–H groups in total. The van der Waals surface area contributed by atoms with Crippen molar-refractivity contribution >= 4 is 40.4 Å². The van der Waals surface area contributed by atoms with E-state index in [1.165, 1.54) is 23.5 Å². The summed E-state index contributed by atoms with van der Waals surface area (Å²) in [5.74, 6) is -0.848. The molecule has 0 aliphatic rings. The van der Waals surface area contributed by atoms with Gasteiger partial charge in [0, 0.05) is 5.69 Å². The zero-order chi connectivity index (χ0) is 14.0. The van der Waals surface area contributed by atoms with Gasteiger partial charge in [0.2, 0.25) is 5.91 Å². The average Bonchev–Trinajstić information content (AvgIpc) is 2.77. The summed E-state index contributed by atoms with van der Waals surface area (Å²) in [5.41, 5.74) is 6.77. The topological polar surface area (TPSA) is 72.2 Å². The van der Waals surface area contributed by atoms with Gasteiger partial charge in [-0.3, -0.25) is 9.59 Å². The molecule has 0 fully saturated rings. The highest BCUT2D eigenvalue weighted by Gasteiger charge is 2.13. The molecule has 2 amide bonds. The Kier molecular flexibility index (Phi) is 3.87. The first kappa shape index (κ1) is 13.6. The molecule has 0 aliphatic heterocycles. The van der Waals surface area contributed by atoms with E-state index >= 15 is 0 Å². The van der Waals surface area contributed by atoms with Crippen molar-refractivity contribution in [1.82, 2.24) is 0 Å². The molecule has 1 aromatic heterocycles. The van der Waals surface area contributed by atoms with Crippen LogP contribution in [0.25, 0.3) is 0 Å². The summed E-state index contributed by atoms with van der Waals surface area (Å²) in [5, 5.41) is 4.82. The summed E-state index contributed by atoms with van der Waals surface area (Å²) in [7, 11) is 0. The van der Waals surface area contributed by atoms with Gasteiger partial charge in [0.15, 0.2) is 0 Å². The fourth-order valence-corrected chi connectivity index (χ4v) is 2.62. The highest BCUT2D eigenvalue weighted by atomic mass is 35.5. The lowest BCUT2D eigenvalue weighted by Crippen LogP contribution is -2.14. The third kappa shape index (κ3) is 2.94. The Morgan fingerprint density at radius 3 is 2.63 bits per heavy atom. The molecular weight excluding hydrogens is 284 g/mol. The number of nitrogens with two attached hydrogens (primary N) is 1. The summed E-state index contributed by atoms with van der Waals surface area (Å²) in [4.78, 5) is 23.8. The van der Waals surface area contributed by atoms with Crippen molar-refractivity contribution < 1.29 is 9.59 Å². The van der Waals surface area contributed by atoms with Crippen LogP contribution in [-0.2, 0) is 0 Å². The number of hydrogen-bond donors (Lipinski definition) is 2. The monoisotopic (exact) mass is 294 g/mol. The van der Waals surface area contributed by atoms with Crippen molar-refractivity contribution in [2.75, 3.05) is 5.32 Å². The first-order valence-electron chi connectivity index (χ1n) is 5.44. The van der Waals surface area contributed by atoms with Crippen LogP contribution in [0.5, 0.6) is 0 Å². The van der Waals surface area contributed by atoms with Gasteiger partial charge in [0.25, 0.3) is 5.91 Å². The first-order chi connectivity index (χ1) is 8.99. The SMILES string of the molecule is Cc1ccsc1C(=O)Nc1ccc(Cl)c(C(N)=O)c1. The van der Waals surface area contributed by atoms with E-state index in [0.717, 1.165) is 5.56 Å². The standard InChI is InChI=1S/C13H11ClN2O2S/c1-7-4-5-19-11(7)13(18)16-8-2-3-10(14)9(6-8)12(15)17/h2-6H,1H3,(H2,15,17)(H,16,18). The van der Waals surface area contributed by atoms with Crippen LogP contribution in [-0.4, -0.2) is 11.8 Å². The molecule has 0 atom stereocenters. The number of anilines is 1. The Bertz CT molecular complexity index is 652. The van der Waals surface area contributed by atoms with Crippen LogP contribution in [0, 0.1) is 6.92 Å². The minimum absolute atomic E-state index is 0.183. The Hall–Kier alpha value is -1.85. The molecule has 0 saturated heterocycles. The van der Waals surface area contributed by atoms with E-state index in [0.29, 0.717) is 10.6 Å². The molecule has 98 valence electrons. The molecule has 1 aromatic carbocycles. The minimum Gasteiger partial charge on any atom is -0.366 e. The molecule has 1 heterocycles. The number of nitrogens with one attached hydrogen (secondary N) is 1. The third-order valence-corrected chi connectivity index (χ3v) is 3.90. The van der Waals surface area contributed by atoms with Gasteiger partial charge in [-0.05, 0) is 42.1 Å². The zero-order valence-electron chi connectivity index (χ0n) is 10.1. The van der Waals surface area contributed by atoms with Crippen molar-refractivity contribution in [3.8, 4) is 0 Å². The predicted molar refractivity (Wildman–Crippen MR) is 77.0 cm³/mol. The highest BCUT2D eigenvalue weighted by molar-refractivity contribution is 7.12. The fraction of sp³-hybridized carbons (Fsp3) is 0.0769. The second-order valence-corrected chi connectivity index (χ2v) is 5.27. The van der Waals surface area contributed by atoms with Gasteiger partial charge in [-0.2, -0.15) is 0 Å². The summed E-state index contributed by atoms with van der Waals surface area (Å²) in [6.07, 6.45) is 0. The van der Waals surface area contributed by atoms with Crippen molar-refractivity contribution in [2.45, 2.75) is 6.92 Å². The second-order valence-electron chi connectivity index (χ2n) is 3.95. The van der Waals surface area contributed by atoms with Crippen molar-refractivity contribution in [3.63, 3.8) is 0 Å². The van der Waals surface area contributed by atoms with Crippen LogP contribution in [0.1, 0.15) is 25.6 Å². The van der Waals surface area contributed by atoms with Gasteiger partial charge in [0.05, 0.1) is 15.5 Å². The Morgan fingerprint density at radius 1 is 1.32 bits per heavy atom. The maximum absolute atomic E-state index is 12.0. The van der Waals surface area contributed by atoms with E-state index in [1.807, 2.05) is 18.4 Å². The number of carbonyl (C=O) groups excluding carboxylic acids is 2. The maximum Gasteiger partial charge on any atom is 0.265 e. The molecule has 19 heavy (non-hydrogen) atoms. The van der Waals surface area contributed by atoms with Gasteiger partial charge >= 0.3 is 0 Å². The average molecular weight is 295 g/mol. The van der Waals surface area contributed by atoms with Crippen LogP contribution < -0.4 is 11.1 Å². The molecule has 2 aromatic rings. The van der Waals surface area contributed by atoms with Gasteiger partial charge < -0.3 is 11.1 Å². The molecule has 0 saturated carbocycles. The number of hydrogen-bond acceptors (Lipinski definition) is 3. The van der Waals surface area contributed by atoms with Crippen LogP contribution >= 0.6 is 22.9 Å². The number of halogens is 1. The number of carbonyl (C=O) groups is 2. The molecule has 0 unspecified atom stereocenters. The zero-order valence-corrected chi connectivity index (χ0v) is 11.6. The van der Waals surface area contributed by atoms with Gasteiger partial charge in [-0.15, -0.1) is 11.3 Å². The molecule has 4 nitrogen and oxygen atoms in total. The lowest BCUT2D eigenvalue weighted by Gasteiger charge is -2.07. The number of aryl methyl sites for hydroxylation is 1. The number of rotatable bonds is 3. The van der Waals surface area contributed by atoms with Crippen LogP contribution in [0.3, 0.4) is 0 Å². The van der Waals surface area contributed by atoms with Crippen molar-refractivity contribution in [1.29, 1.82) is 0 Å². The van der Waals surface area contributed by atoms with E-state index in [4.69, 9.17) is 17.3 Å². The molecule has 0 bridgehead atoms. The number of thiophene rings is 1. The summed E-state index contributed by atoms with van der Waals surface area (Å²) < 4.78 is 0. The lowest BCUT2D eigenvalue weighted by atomic mass is 10.2. The third-order valence-electron chi connectivity index (χ3n) is 2.56. The van der Waals surface area contributed by atoms with Crippen LogP contribution in [0.15, 0.2) is 29.6 Å². The molecule has 0 spiro atoms. The van der Waals surface area contributed by atoms with Gasteiger partial charge in [-0.25, -0.2) is 0 Å². The predicted octanol–water partition coefficient (Wildman–Crippen LogP) is 3.06. The second kappa shape index (κ2) is 5.42. The largest absolute Gasteiger partial charge is 0.366 e. The summed E-state index contributed by atoms with van der Waals surface area (Å²) in [6, 6.07) is 6.48. The molecule has 6 heteroatoms. The number of primary amides is 1. The Labute approximate surface area is 119 Å². The molecule has 2 rings (SSSR count). The Balaban J connectivity index is 2.25. The van der Waals surface area contributed by atoms with E-state index in [1.54, 1.807) is 6.07 Å². The van der Waals surface area contributed by atoms with Crippen LogP contribution in [0.4, 0.5) is 5.69 Å². The van der Waals surface area contributed by atoms with Gasteiger partial charge in [-0.1, -0.05) is 11.6 Å². The van der Waals surface area contributed by atoms with Crippen molar-refractivity contribution in [2.24, 2.45) is 5.73 Å². The molecular formula is C13H11ClN2O2S. The Morgan fingerprint density at radius 2 is 2.05 bits per heavy atom. The van der Waals surface area contributed by atoms with E-state index in [2.05, 4.69) is 5.32 Å². The van der Waals surface area contributed by atoms with E-state index < -0.39 is 5.91 Å². The number of amides is 2. The number of benzene rings is 1. The van der Waals surface area contributed by atoms with Crippen molar-refractivity contribution in [3.05, 3.63) is 50.7 Å². The summed E-state index contributed by atoms with van der Waals surface area (Å²) in [6.45, 7) is 1.86. The first-order valence-corrected chi connectivity index (χ1v) is 6.69. The normalized spacial score (nSPS) is 10.2. The van der Waals surface area contributed by atoms with Crippen LogP contribution in [0.2, 0.25) is 5.02 Å². The maximum atomic E-state index is 12.0. The van der Waals surface area contributed by atoms with E-state index in [-0.39, 0.29) is 16.5 Å². The quantitative estimate of drug-likeness (QED) is 0.913. The molecule has 0 radical (unpaired) electrons. The lowest BCUT2D eigenvalue weighted by molar-refractivity contribution is 0.0996. The smallest absolute Gasteiger partial charge is 0.265 e. The summed E-state index contributed by atoms with van der Waals surface area (Å²) >= 11 is 7.20. The van der Waals surface area contributed by atoms with Gasteiger partial charge in [0.1, 0.15) is 0 Å². The minimum atomic E-state index is -0.631. The highest BCUT2D eigenvalue weighted by Crippen LogP contribution is 2.22.